The number of phenolic OH excluding ortho intramolecular Hbond substituents is 1. The predicted molar refractivity (Wildman–Crippen MR) is 103 cm³/mol. The Morgan fingerprint density at radius 1 is 1.10 bits per heavy atom. The van der Waals surface area contributed by atoms with Crippen molar-refractivity contribution in [1.82, 2.24) is 19.9 Å². The van der Waals surface area contributed by atoms with Crippen molar-refractivity contribution in [3.8, 4) is 16.9 Å². The number of carbonyl (C=O) groups is 1. The van der Waals surface area contributed by atoms with Gasteiger partial charge in [0.2, 0.25) is 0 Å². The number of hydrogen-bond donors (Lipinski definition) is 2. The number of nitrogens with zero attached hydrogens (tertiary/aromatic N) is 5. The molecular formula is C20H15F3N6O2. The Morgan fingerprint density at radius 2 is 1.77 bits per heavy atom. The number of aromatic nitrogens is 3. The van der Waals surface area contributed by atoms with Crippen molar-refractivity contribution in [3.05, 3.63) is 71.8 Å². The molecule has 3 heterocycles. The van der Waals surface area contributed by atoms with Gasteiger partial charge in [-0.15, -0.1) is 0 Å². The van der Waals surface area contributed by atoms with Crippen LogP contribution in [0.5, 0.6) is 5.75 Å². The summed E-state index contributed by atoms with van der Waals surface area (Å²) in [4.78, 5) is 29.3. The van der Waals surface area contributed by atoms with Crippen molar-refractivity contribution in [2.24, 2.45) is 10.7 Å². The maximum atomic E-state index is 13.3. The van der Waals surface area contributed by atoms with Crippen LogP contribution in [-0.4, -0.2) is 43.9 Å². The summed E-state index contributed by atoms with van der Waals surface area (Å²) in [5, 5.41) is 10.3. The summed E-state index contributed by atoms with van der Waals surface area (Å²) in [5.41, 5.74) is 4.42. The number of alkyl halides is 2. The number of carbonyl (C=O) groups excluding carboxylic acids is 1. The molecule has 0 fully saturated rings. The van der Waals surface area contributed by atoms with Gasteiger partial charge < -0.3 is 10.8 Å². The lowest BCUT2D eigenvalue weighted by atomic mass is 9.81. The van der Waals surface area contributed by atoms with Gasteiger partial charge in [-0.3, -0.25) is 14.7 Å². The summed E-state index contributed by atoms with van der Waals surface area (Å²) >= 11 is 0. The molecule has 1 aliphatic heterocycles. The molecule has 1 aliphatic rings. The van der Waals surface area contributed by atoms with E-state index in [1.165, 1.54) is 31.3 Å². The first-order valence-electron chi connectivity index (χ1n) is 8.93. The van der Waals surface area contributed by atoms with Gasteiger partial charge in [0.05, 0.1) is 0 Å². The van der Waals surface area contributed by atoms with Crippen LogP contribution in [0.25, 0.3) is 11.1 Å². The van der Waals surface area contributed by atoms with E-state index in [0.717, 1.165) is 29.6 Å². The maximum absolute atomic E-state index is 13.3. The smallest absolute Gasteiger partial charge is 0.308 e. The molecule has 0 saturated carbocycles. The van der Waals surface area contributed by atoms with E-state index in [2.05, 4.69) is 19.9 Å². The molecule has 0 radical (unpaired) electrons. The molecule has 0 saturated heterocycles. The Balaban J connectivity index is 1.96. The average Bonchev–Trinajstić information content (AvgIpc) is 3.00. The lowest BCUT2D eigenvalue weighted by molar-refractivity contribution is -0.129. The minimum Gasteiger partial charge on any atom is -0.507 e. The highest BCUT2D eigenvalue weighted by atomic mass is 19.3. The Hall–Kier alpha value is -4.02. The minimum absolute atomic E-state index is 0.111. The third-order valence-electron chi connectivity index (χ3n) is 5.01. The quantitative estimate of drug-likeness (QED) is 0.616. The van der Waals surface area contributed by atoms with Crippen molar-refractivity contribution in [2.45, 2.75) is 12.0 Å². The first-order chi connectivity index (χ1) is 14.7. The standard InChI is InChI=1S/C20H15F3N6O2/c1-29-17(31)20(28-19(29)24,12-4-5-25-14(7-12)16(21)22)11-2-3-15(30)13(6-11)10-8-26-18(23)27-9-10/h2-9,16,30H,1H3,(H2,24,28). The largest absolute Gasteiger partial charge is 0.507 e. The highest BCUT2D eigenvalue weighted by Gasteiger charge is 2.50. The van der Waals surface area contributed by atoms with Crippen LogP contribution in [0, 0.1) is 6.08 Å². The van der Waals surface area contributed by atoms with Crippen molar-refractivity contribution in [3.63, 3.8) is 0 Å². The number of nitrogens with two attached hydrogens (primary N) is 1. The molecule has 0 bridgehead atoms. The second-order valence-corrected chi connectivity index (χ2v) is 6.79. The molecule has 8 nitrogen and oxygen atoms in total. The fourth-order valence-electron chi connectivity index (χ4n) is 3.42. The zero-order valence-electron chi connectivity index (χ0n) is 16.0. The zero-order chi connectivity index (χ0) is 22.3. The predicted octanol–water partition coefficient (Wildman–Crippen LogP) is 2.35. The molecule has 0 aliphatic carbocycles. The number of pyridine rings is 1. The maximum Gasteiger partial charge on any atom is 0.308 e. The summed E-state index contributed by atoms with van der Waals surface area (Å²) in [7, 11) is 1.41. The lowest BCUT2D eigenvalue weighted by Crippen LogP contribution is -2.41. The Kier molecular flexibility index (Phi) is 4.80. The molecule has 1 aromatic carbocycles. The highest BCUT2D eigenvalue weighted by Crippen LogP contribution is 2.42. The molecule has 1 atom stereocenters. The van der Waals surface area contributed by atoms with Gasteiger partial charge in [-0.2, -0.15) is 4.39 Å². The molecule has 0 spiro atoms. The lowest BCUT2D eigenvalue weighted by Gasteiger charge is -2.27. The van der Waals surface area contributed by atoms with Crippen LogP contribution in [0.15, 0.2) is 53.9 Å². The summed E-state index contributed by atoms with van der Waals surface area (Å²) in [6.07, 6.45) is -0.327. The summed E-state index contributed by atoms with van der Waals surface area (Å²) in [5.74, 6) is -0.878. The number of halogens is 3. The second-order valence-electron chi connectivity index (χ2n) is 6.79. The number of phenols is 1. The van der Waals surface area contributed by atoms with Gasteiger partial charge in [0, 0.05) is 36.8 Å². The molecule has 31 heavy (non-hydrogen) atoms. The van der Waals surface area contributed by atoms with Crippen molar-refractivity contribution in [1.29, 1.82) is 0 Å². The van der Waals surface area contributed by atoms with E-state index in [9.17, 15) is 23.1 Å². The first kappa shape index (κ1) is 20.3. The number of hydrogen-bond acceptors (Lipinski definition) is 7. The van der Waals surface area contributed by atoms with E-state index < -0.39 is 29.6 Å². The first-order valence-corrected chi connectivity index (χ1v) is 8.93. The Bertz CT molecular complexity index is 1200. The second kappa shape index (κ2) is 7.35. The van der Waals surface area contributed by atoms with Gasteiger partial charge in [-0.25, -0.2) is 23.7 Å². The van der Waals surface area contributed by atoms with Crippen LogP contribution < -0.4 is 5.73 Å². The number of aromatic hydroxyl groups is 1. The van der Waals surface area contributed by atoms with Crippen molar-refractivity contribution >= 4 is 11.9 Å². The number of amides is 1. The van der Waals surface area contributed by atoms with E-state index in [-0.39, 0.29) is 34.0 Å². The van der Waals surface area contributed by atoms with E-state index in [1.54, 1.807) is 0 Å². The number of rotatable bonds is 4. The summed E-state index contributed by atoms with van der Waals surface area (Å²) in [6.45, 7) is 0. The van der Waals surface area contributed by atoms with E-state index in [4.69, 9.17) is 5.73 Å². The summed E-state index contributed by atoms with van der Waals surface area (Å²) in [6, 6.07) is 6.66. The van der Waals surface area contributed by atoms with Gasteiger partial charge in [0.15, 0.2) is 11.5 Å². The third-order valence-corrected chi connectivity index (χ3v) is 5.01. The van der Waals surface area contributed by atoms with Crippen LogP contribution in [0.3, 0.4) is 0 Å². The normalized spacial score (nSPS) is 18.5. The molecule has 4 rings (SSSR count). The highest BCUT2D eigenvalue weighted by molar-refractivity contribution is 6.09. The molecule has 3 aromatic rings. The molecule has 1 unspecified atom stereocenters. The molecular weight excluding hydrogens is 413 g/mol. The summed E-state index contributed by atoms with van der Waals surface area (Å²) < 4.78 is 39.7. The molecule has 3 N–H and O–H groups in total. The van der Waals surface area contributed by atoms with Gasteiger partial charge in [-0.1, -0.05) is 6.07 Å². The van der Waals surface area contributed by atoms with Crippen molar-refractivity contribution < 1.29 is 23.1 Å². The van der Waals surface area contributed by atoms with Gasteiger partial charge >= 0.3 is 6.08 Å². The van der Waals surface area contributed by atoms with Crippen LogP contribution in [0.1, 0.15) is 23.2 Å². The van der Waals surface area contributed by atoms with Crippen LogP contribution in [-0.2, 0) is 10.3 Å². The Morgan fingerprint density at radius 3 is 2.39 bits per heavy atom. The van der Waals surface area contributed by atoms with Crippen molar-refractivity contribution in [2.75, 3.05) is 7.05 Å². The van der Waals surface area contributed by atoms with E-state index in [1.807, 2.05) is 0 Å². The average molecular weight is 428 g/mol. The fourth-order valence-corrected chi connectivity index (χ4v) is 3.42. The fraction of sp³-hybridized carbons (Fsp3) is 0.150. The zero-order valence-corrected chi connectivity index (χ0v) is 16.0. The number of guanidine groups is 1. The molecule has 158 valence electrons. The molecule has 11 heteroatoms. The SMILES string of the molecule is CN1C(=O)C(c2ccnc(C(F)F)c2)(c2ccc(O)c(-c3cnc(F)nc3)c2)N=C1N. The molecule has 2 aromatic heterocycles. The number of benzene rings is 1. The molecule has 1 amide bonds. The van der Waals surface area contributed by atoms with E-state index >= 15 is 0 Å². The van der Waals surface area contributed by atoms with Gasteiger partial charge in [0.25, 0.3) is 12.3 Å². The van der Waals surface area contributed by atoms with Crippen LogP contribution in [0.2, 0.25) is 0 Å². The number of aliphatic imine (C=N–C) groups is 1. The van der Waals surface area contributed by atoms with Crippen LogP contribution in [0.4, 0.5) is 13.2 Å². The number of likely N-dealkylation sites (N-methyl/N-ethyl adjacent to an activating group) is 1. The third kappa shape index (κ3) is 3.23. The Labute approximate surface area is 173 Å². The van der Waals surface area contributed by atoms with Crippen LogP contribution >= 0.6 is 0 Å². The van der Waals surface area contributed by atoms with E-state index in [0.29, 0.717) is 0 Å². The van der Waals surface area contributed by atoms with Gasteiger partial charge in [0.1, 0.15) is 11.4 Å². The van der Waals surface area contributed by atoms with Gasteiger partial charge in [-0.05, 0) is 35.4 Å². The monoisotopic (exact) mass is 428 g/mol. The topological polar surface area (TPSA) is 118 Å². The minimum atomic E-state index is -2.86.